The van der Waals surface area contributed by atoms with Crippen LogP contribution in [0.1, 0.15) is 35.0 Å². The van der Waals surface area contributed by atoms with Crippen LogP contribution in [-0.2, 0) is 16.6 Å². The van der Waals surface area contributed by atoms with E-state index in [0.717, 1.165) is 17.7 Å². The fourth-order valence-electron chi connectivity index (χ4n) is 3.15. The summed E-state index contributed by atoms with van der Waals surface area (Å²) in [6.07, 6.45) is 1.77. The van der Waals surface area contributed by atoms with E-state index in [-0.39, 0.29) is 12.5 Å². The third-order valence-corrected chi connectivity index (χ3v) is 8.46. The SMILES string of the molecule is COc1cc(OC)cc(C(=O)NCc2ccc(S(=O)(=O)N3CCC(C)CC3)s2)c1. The van der Waals surface area contributed by atoms with E-state index in [1.807, 2.05) is 0 Å². The van der Waals surface area contributed by atoms with Crippen LogP contribution in [0.5, 0.6) is 11.5 Å². The Balaban J connectivity index is 1.65. The van der Waals surface area contributed by atoms with E-state index in [1.165, 1.54) is 25.6 Å². The Morgan fingerprint density at radius 3 is 2.34 bits per heavy atom. The number of hydrogen-bond acceptors (Lipinski definition) is 6. The highest BCUT2D eigenvalue weighted by molar-refractivity contribution is 7.91. The molecule has 1 saturated heterocycles. The highest BCUT2D eigenvalue weighted by Gasteiger charge is 2.29. The molecule has 0 spiro atoms. The Hall–Kier alpha value is -2.10. The summed E-state index contributed by atoms with van der Waals surface area (Å²) in [5, 5.41) is 2.82. The molecule has 158 valence electrons. The van der Waals surface area contributed by atoms with Crippen molar-refractivity contribution in [2.24, 2.45) is 5.92 Å². The second-order valence-electron chi connectivity index (χ2n) is 7.09. The molecule has 7 nitrogen and oxygen atoms in total. The molecule has 9 heteroatoms. The zero-order valence-corrected chi connectivity index (χ0v) is 18.4. The molecular formula is C20H26N2O5S2. The van der Waals surface area contributed by atoms with Gasteiger partial charge >= 0.3 is 0 Å². The molecule has 1 fully saturated rings. The number of methoxy groups -OCH3 is 2. The minimum absolute atomic E-state index is 0.246. The number of sulfonamides is 1. The summed E-state index contributed by atoms with van der Waals surface area (Å²) >= 11 is 1.19. The van der Waals surface area contributed by atoms with Crippen LogP contribution in [0.15, 0.2) is 34.5 Å². The number of piperidine rings is 1. The van der Waals surface area contributed by atoms with Crippen LogP contribution in [0, 0.1) is 5.92 Å². The first-order chi connectivity index (χ1) is 13.8. The van der Waals surface area contributed by atoms with Crippen LogP contribution < -0.4 is 14.8 Å². The van der Waals surface area contributed by atoms with Gasteiger partial charge in [0.25, 0.3) is 15.9 Å². The molecule has 0 unspecified atom stereocenters. The van der Waals surface area contributed by atoms with E-state index in [0.29, 0.717) is 40.3 Å². The van der Waals surface area contributed by atoms with Crippen molar-refractivity contribution in [2.75, 3.05) is 27.3 Å². The van der Waals surface area contributed by atoms with E-state index in [9.17, 15) is 13.2 Å². The van der Waals surface area contributed by atoms with Crippen molar-refractivity contribution >= 4 is 27.3 Å². The topological polar surface area (TPSA) is 84.9 Å². The number of ether oxygens (including phenoxy) is 2. The van der Waals surface area contributed by atoms with Crippen LogP contribution >= 0.6 is 11.3 Å². The Morgan fingerprint density at radius 1 is 1.14 bits per heavy atom. The van der Waals surface area contributed by atoms with E-state index in [4.69, 9.17) is 9.47 Å². The number of carbonyl (C=O) groups is 1. The molecule has 1 N–H and O–H groups in total. The van der Waals surface area contributed by atoms with Crippen molar-refractivity contribution in [2.45, 2.75) is 30.5 Å². The lowest BCUT2D eigenvalue weighted by Crippen LogP contribution is -2.37. The summed E-state index contributed by atoms with van der Waals surface area (Å²) in [6, 6.07) is 8.30. The molecule has 2 heterocycles. The van der Waals surface area contributed by atoms with Crippen LogP contribution in [-0.4, -0.2) is 45.9 Å². The van der Waals surface area contributed by atoms with Gasteiger partial charge in [-0.2, -0.15) is 4.31 Å². The summed E-state index contributed by atoms with van der Waals surface area (Å²) in [5.41, 5.74) is 0.410. The molecule has 2 aromatic rings. The average molecular weight is 439 g/mol. The number of thiophene rings is 1. The second kappa shape index (κ2) is 9.15. The van der Waals surface area contributed by atoms with Crippen molar-refractivity contribution < 1.29 is 22.7 Å². The summed E-state index contributed by atoms with van der Waals surface area (Å²) in [4.78, 5) is 13.3. The predicted octanol–water partition coefficient (Wildman–Crippen LogP) is 3.12. The molecule has 29 heavy (non-hydrogen) atoms. The first-order valence-corrected chi connectivity index (χ1v) is 11.7. The van der Waals surface area contributed by atoms with Gasteiger partial charge in [0.05, 0.1) is 20.8 Å². The molecule has 0 aliphatic carbocycles. The lowest BCUT2D eigenvalue weighted by atomic mass is 10.0. The average Bonchev–Trinajstić information content (AvgIpc) is 3.21. The molecule has 0 saturated carbocycles. The van der Waals surface area contributed by atoms with E-state index in [1.54, 1.807) is 34.6 Å². The minimum atomic E-state index is -3.47. The van der Waals surface area contributed by atoms with Crippen molar-refractivity contribution in [1.82, 2.24) is 9.62 Å². The normalized spacial score (nSPS) is 15.8. The van der Waals surface area contributed by atoms with Crippen LogP contribution in [0.2, 0.25) is 0 Å². The quantitative estimate of drug-likeness (QED) is 0.718. The van der Waals surface area contributed by atoms with Gasteiger partial charge in [-0.15, -0.1) is 11.3 Å². The number of amides is 1. The number of rotatable bonds is 7. The molecule has 0 atom stereocenters. The van der Waals surface area contributed by atoms with Crippen LogP contribution in [0.3, 0.4) is 0 Å². The van der Waals surface area contributed by atoms with Gasteiger partial charge in [-0.1, -0.05) is 6.92 Å². The van der Waals surface area contributed by atoms with Gasteiger partial charge in [0, 0.05) is 29.6 Å². The minimum Gasteiger partial charge on any atom is -0.497 e. The zero-order chi connectivity index (χ0) is 21.0. The number of nitrogens with one attached hydrogen (secondary N) is 1. The predicted molar refractivity (Wildman–Crippen MR) is 112 cm³/mol. The molecule has 1 amide bonds. The molecule has 0 radical (unpaired) electrons. The summed E-state index contributed by atoms with van der Waals surface area (Å²) in [6.45, 7) is 3.51. The Kier molecular flexibility index (Phi) is 6.81. The Bertz CT molecular complexity index is 941. The maximum atomic E-state index is 12.8. The lowest BCUT2D eigenvalue weighted by Gasteiger charge is -2.28. The number of nitrogens with zero attached hydrogens (tertiary/aromatic N) is 1. The summed E-state index contributed by atoms with van der Waals surface area (Å²) in [7, 11) is -0.425. The number of carbonyl (C=O) groups excluding carboxylic acids is 1. The standard InChI is InChI=1S/C20H26N2O5S2/c1-14-6-8-22(9-7-14)29(24,25)19-5-4-18(28-19)13-21-20(23)15-10-16(26-2)12-17(11-15)27-3/h4-5,10-12,14H,6-9,13H2,1-3H3,(H,21,23). The zero-order valence-electron chi connectivity index (χ0n) is 16.8. The van der Waals surface area contributed by atoms with Gasteiger partial charge in [0.1, 0.15) is 15.7 Å². The maximum Gasteiger partial charge on any atom is 0.252 e. The smallest absolute Gasteiger partial charge is 0.252 e. The highest BCUT2D eigenvalue weighted by atomic mass is 32.2. The number of hydrogen-bond donors (Lipinski definition) is 1. The fourth-order valence-corrected chi connectivity index (χ4v) is 6.07. The summed E-state index contributed by atoms with van der Waals surface area (Å²) < 4.78 is 37.9. The molecule has 1 aromatic heterocycles. The number of benzene rings is 1. The molecule has 1 aromatic carbocycles. The molecule has 1 aliphatic heterocycles. The lowest BCUT2D eigenvalue weighted by molar-refractivity contribution is 0.0950. The Morgan fingerprint density at radius 2 is 1.76 bits per heavy atom. The summed E-state index contributed by atoms with van der Waals surface area (Å²) in [5.74, 6) is 1.32. The maximum absolute atomic E-state index is 12.8. The van der Waals surface area contributed by atoms with E-state index >= 15 is 0 Å². The van der Waals surface area contributed by atoms with Gasteiger partial charge < -0.3 is 14.8 Å². The molecule has 3 rings (SSSR count). The van der Waals surface area contributed by atoms with Crippen LogP contribution in [0.4, 0.5) is 0 Å². The fraction of sp³-hybridized carbons (Fsp3) is 0.450. The molecular weight excluding hydrogens is 412 g/mol. The van der Waals surface area contributed by atoms with Gasteiger partial charge in [-0.25, -0.2) is 8.42 Å². The monoisotopic (exact) mass is 438 g/mol. The van der Waals surface area contributed by atoms with Gasteiger partial charge in [0.2, 0.25) is 0 Å². The van der Waals surface area contributed by atoms with Crippen LogP contribution in [0.25, 0.3) is 0 Å². The Labute approximate surface area is 175 Å². The highest BCUT2D eigenvalue weighted by Crippen LogP contribution is 2.28. The van der Waals surface area contributed by atoms with E-state index in [2.05, 4.69) is 12.2 Å². The van der Waals surface area contributed by atoms with Crippen molar-refractivity contribution in [3.63, 3.8) is 0 Å². The van der Waals surface area contributed by atoms with Gasteiger partial charge in [-0.3, -0.25) is 4.79 Å². The molecule has 0 bridgehead atoms. The van der Waals surface area contributed by atoms with Gasteiger partial charge in [0.15, 0.2) is 0 Å². The van der Waals surface area contributed by atoms with Crippen molar-refractivity contribution in [3.8, 4) is 11.5 Å². The van der Waals surface area contributed by atoms with Gasteiger partial charge in [-0.05, 0) is 43.0 Å². The van der Waals surface area contributed by atoms with E-state index < -0.39 is 10.0 Å². The third-order valence-electron chi connectivity index (χ3n) is 5.01. The molecule has 1 aliphatic rings. The van der Waals surface area contributed by atoms with Crippen molar-refractivity contribution in [3.05, 3.63) is 40.8 Å². The third kappa shape index (κ3) is 5.09. The first-order valence-electron chi connectivity index (χ1n) is 9.43. The second-order valence-corrected chi connectivity index (χ2v) is 10.4. The van der Waals surface area contributed by atoms with Crippen molar-refractivity contribution in [1.29, 1.82) is 0 Å². The largest absolute Gasteiger partial charge is 0.497 e. The first kappa shape index (κ1) is 21.6.